The summed E-state index contributed by atoms with van der Waals surface area (Å²) in [4.78, 5) is 2.26. The standard InChI is InChI=1S/C12H24N4/c1-9(2)12(13)8-15(4)6-11-7-16(5)14-10(11)3/h7,9,12H,6,8,13H2,1-5H3. The van der Waals surface area contributed by atoms with Crippen LogP contribution in [0.1, 0.15) is 25.1 Å². The zero-order valence-electron chi connectivity index (χ0n) is 11.1. The summed E-state index contributed by atoms with van der Waals surface area (Å²) < 4.78 is 1.86. The van der Waals surface area contributed by atoms with Crippen LogP contribution < -0.4 is 5.73 Å². The quantitative estimate of drug-likeness (QED) is 0.816. The number of aromatic nitrogens is 2. The molecule has 0 aliphatic rings. The van der Waals surface area contributed by atoms with Gasteiger partial charge in [-0.15, -0.1) is 0 Å². The molecule has 0 radical (unpaired) electrons. The highest BCUT2D eigenvalue weighted by Crippen LogP contribution is 2.09. The van der Waals surface area contributed by atoms with Crippen molar-refractivity contribution in [1.82, 2.24) is 14.7 Å². The van der Waals surface area contributed by atoms with Gasteiger partial charge < -0.3 is 10.6 Å². The summed E-state index contributed by atoms with van der Waals surface area (Å²) in [7, 11) is 4.06. The Morgan fingerprint density at radius 1 is 1.50 bits per heavy atom. The summed E-state index contributed by atoms with van der Waals surface area (Å²) in [6.45, 7) is 8.21. The fourth-order valence-electron chi connectivity index (χ4n) is 1.73. The van der Waals surface area contributed by atoms with Gasteiger partial charge in [-0.3, -0.25) is 4.68 Å². The lowest BCUT2D eigenvalue weighted by molar-refractivity contribution is 0.276. The molecule has 92 valence electrons. The molecule has 0 amide bonds. The Morgan fingerprint density at radius 2 is 2.12 bits per heavy atom. The highest BCUT2D eigenvalue weighted by atomic mass is 15.3. The third-order valence-corrected chi connectivity index (χ3v) is 2.93. The van der Waals surface area contributed by atoms with Crippen LogP contribution in [0.5, 0.6) is 0 Å². The van der Waals surface area contributed by atoms with Gasteiger partial charge in [-0.25, -0.2) is 0 Å². The SMILES string of the molecule is Cc1nn(C)cc1CN(C)CC(N)C(C)C. The van der Waals surface area contributed by atoms with Crippen LogP contribution in [0, 0.1) is 12.8 Å². The van der Waals surface area contributed by atoms with Crippen LogP contribution in [0.4, 0.5) is 0 Å². The van der Waals surface area contributed by atoms with Gasteiger partial charge in [0, 0.05) is 37.9 Å². The molecule has 1 rings (SSSR count). The number of likely N-dealkylation sites (N-methyl/N-ethyl adjacent to an activating group) is 1. The maximum absolute atomic E-state index is 6.05. The largest absolute Gasteiger partial charge is 0.326 e. The third-order valence-electron chi connectivity index (χ3n) is 2.93. The fourth-order valence-corrected chi connectivity index (χ4v) is 1.73. The summed E-state index contributed by atoms with van der Waals surface area (Å²) >= 11 is 0. The highest BCUT2D eigenvalue weighted by Gasteiger charge is 2.12. The van der Waals surface area contributed by atoms with Gasteiger partial charge in [-0.1, -0.05) is 13.8 Å². The van der Waals surface area contributed by atoms with E-state index in [9.17, 15) is 0 Å². The van der Waals surface area contributed by atoms with Gasteiger partial charge in [-0.2, -0.15) is 5.10 Å². The van der Waals surface area contributed by atoms with Crippen molar-refractivity contribution in [3.05, 3.63) is 17.5 Å². The van der Waals surface area contributed by atoms with E-state index in [0.717, 1.165) is 18.8 Å². The summed E-state index contributed by atoms with van der Waals surface area (Å²) in [6.07, 6.45) is 2.08. The van der Waals surface area contributed by atoms with Gasteiger partial charge in [0.1, 0.15) is 0 Å². The second-order valence-corrected chi connectivity index (χ2v) is 5.02. The minimum Gasteiger partial charge on any atom is -0.326 e. The van der Waals surface area contributed by atoms with E-state index in [-0.39, 0.29) is 6.04 Å². The molecule has 0 bridgehead atoms. The molecule has 0 aliphatic heterocycles. The van der Waals surface area contributed by atoms with E-state index in [2.05, 4.69) is 37.1 Å². The second-order valence-electron chi connectivity index (χ2n) is 5.02. The lowest BCUT2D eigenvalue weighted by Crippen LogP contribution is -2.38. The van der Waals surface area contributed by atoms with Gasteiger partial charge >= 0.3 is 0 Å². The predicted octanol–water partition coefficient (Wildman–Crippen LogP) is 1.14. The van der Waals surface area contributed by atoms with Crippen molar-refractivity contribution in [3.8, 4) is 0 Å². The van der Waals surface area contributed by atoms with E-state index < -0.39 is 0 Å². The van der Waals surface area contributed by atoms with E-state index in [0.29, 0.717) is 5.92 Å². The van der Waals surface area contributed by atoms with Crippen LogP contribution >= 0.6 is 0 Å². The monoisotopic (exact) mass is 224 g/mol. The first-order valence-electron chi connectivity index (χ1n) is 5.83. The lowest BCUT2D eigenvalue weighted by atomic mass is 10.1. The minimum absolute atomic E-state index is 0.238. The summed E-state index contributed by atoms with van der Waals surface area (Å²) in [5, 5.41) is 4.34. The van der Waals surface area contributed by atoms with Crippen LogP contribution in [0.3, 0.4) is 0 Å². The molecule has 4 nitrogen and oxygen atoms in total. The molecule has 1 heterocycles. The van der Waals surface area contributed by atoms with Crippen LogP contribution in [-0.4, -0.2) is 34.3 Å². The highest BCUT2D eigenvalue weighted by molar-refractivity contribution is 5.14. The number of hydrogen-bond donors (Lipinski definition) is 1. The zero-order chi connectivity index (χ0) is 12.3. The van der Waals surface area contributed by atoms with E-state index in [1.54, 1.807) is 0 Å². The van der Waals surface area contributed by atoms with Crippen LogP contribution in [0.2, 0.25) is 0 Å². The van der Waals surface area contributed by atoms with Crippen molar-refractivity contribution in [3.63, 3.8) is 0 Å². The van der Waals surface area contributed by atoms with Crippen molar-refractivity contribution >= 4 is 0 Å². The molecule has 1 aromatic rings. The van der Waals surface area contributed by atoms with Gasteiger partial charge in [0.05, 0.1) is 5.69 Å². The molecule has 0 saturated heterocycles. The van der Waals surface area contributed by atoms with Gasteiger partial charge in [0.15, 0.2) is 0 Å². The van der Waals surface area contributed by atoms with Crippen LogP contribution in [-0.2, 0) is 13.6 Å². The van der Waals surface area contributed by atoms with Crippen LogP contribution in [0.25, 0.3) is 0 Å². The number of hydrogen-bond acceptors (Lipinski definition) is 3. The second kappa shape index (κ2) is 5.46. The normalized spacial score (nSPS) is 13.8. The average molecular weight is 224 g/mol. The third kappa shape index (κ3) is 3.61. The lowest BCUT2D eigenvalue weighted by Gasteiger charge is -2.23. The zero-order valence-corrected chi connectivity index (χ0v) is 11.1. The number of rotatable bonds is 5. The van der Waals surface area contributed by atoms with E-state index >= 15 is 0 Å². The van der Waals surface area contributed by atoms with Crippen molar-refractivity contribution in [2.75, 3.05) is 13.6 Å². The van der Waals surface area contributed by atoms with Gasteiger partial charge in [-0.05, 0) is 19.9 Å². The molecule has 4 heteroatoms. The van der Waals surface area contributed by atoms with Crippen molar-refractivity contribution in [2.45, 2.75) is 33.4 Å². The average Bonchev–Trinajstić information content (AvgIpc) is 2.44. The Hall–Kier alpha value is -0.870. The molecule has 1 unspecified atom stereocenters. The topological polar surface area (TPSA) is 47.1 Å². The first kappa shape index (κ1) is 13.2. The summed E-state index contributed by atoms with van der Waals surface area (Å²) in [5.74, 6) is 0.525. The van der Waals surface area contributed by atoms with Gasteiger partial charge in [0.25, 0.3) is 0 Å². The molecule has 0 spiro atoms. The number of aryl methyl sites for hydroxylation is 2. The van der Waals surface area contributed by atoms with Gasteiger partial charge in [0.2, 0.25) is 0 Å². The minimum atomic E-state index is 0.238. The predicted molar refractivity (Wildman–Crippen MR) is 67.1 cm³/mol. The molecule has 0 aromatic carbocycles. The van der Waals surface area contributed by atoms with Crippen molar-refractivity contribution in [1.29, 1.82) is 0 Å². The number of nitrogens with two attached hydrogens (primary N) is 1. The Kier molecular flexibility index (Phi) is 4.50. The van der Waals surface area contributed by atoms with Crippen molar-refractivity contribution in [2.24, 2.45) is 18.7 Å². The molecular weight excluding hydrogens is 200 g/mol. The van der Waals surface area contributed by atoms with E-state index in [4.69, 9.17) is 5.73 Å². The number of nitrogens with zero attached hydrogens (tertiary/aromatic N) is 3. The molecule has 0 saturated carbocycles. The Labute approximate surface area is 98.4 Å². The molecule has 0 fully saturated rings. The Morgan fingerprint density at radius 3 is 2.56 bits per heavy atom. The smallest absolute Gasteiger partial charge is 0.0638 e. The maximum Gasteiger partial charge on any atom is 0.0638 e. The molecule has 1 atom stereocenters. The molecule has 0 aliphatic carbocycles. The van der Waals surface area contributed by atoms with E-state index in [1.807, 2.05) is 18.7 Å². The van der Waals surface area contributed by atoms with Crippen LogP contribution in [0.15, 0.2) is 6.20 Å². The molecule has 1 aromatic heterocycles. The van der Waals surface area contributed by atoms with Crippen molar-refractivity contribution < 1.29 is 0 Å². The van der Waals surface area contributed by atoms with E-state index in [1.165, 1.54) is 5.56 Å². The Balaban J connectivity index is 2.51. The first-order chi connectivity index (χ1) is 7.40. The molecular formula is C12H24N4. The Bertz CT molecular complexity index is 330. The first-order valence-corrected chi connectivity index (χ1v) is 5.83. The molecule has 2 N–H and O–H groups in total. The maximum atomic E-state index is 6.05. The fraction of sp³-hybridized carbons (Fsp3) is 0.750. The summed E-state index contributed by atoms with van der Waals surface area (Å²) in [6, 6.07) is 0.238. The summed E-state index contributed by atoms with van der Waals surface area (Å²) in [5.41, 5.74) is 8.43. The molecule has 16 heavy (non-hydrogen) atoms.